The number of aryl methyl sites for hydroxylation is 3. The molecule has 25 heavy (non-hydrogen) atoms. The van der Waals surface area contributed by atoms with E-state index in [2.05, 4.69) is 24.3 Å². The smallest absolute Gasteiger partial charge is 0.242 e. The third kappa shape index (κ3) is 4.48. The normalized spacial score (nSPS) is 12.4. The van der Waals surface area contributed by atoms with Crippen molar-refractivity contribution in [1.29, 1.82) is 0 Å². The van der Waals surface area contributed by atoms with E-state index in [9.17, 15) is 4.79 Å². The summed E-state index contributed by atoms with van der Waals surface area (Å²) in [7, 11) is 3.86. The maximum Gasteiger partial charge on any atom is 0.242 e. The Morgan fingerprint density at radius 2 is 1.84 bits per heavy atom. The first kappa shape index (κ1) is 19.2. The molecule has 0 aliphatic carbocycles. The van der Waals surface area contributed by atoms with Gasteiger partial charge in [-0.2, -0.15) is 5.10 Å². The lowest BCUT2D eigenvalue weighted by atomic mass is 10.0. The number of benzene rings is 1. The first-order valence-corrected chi connectivity index (χ1v) is 8.88. The van der Waals surface area contributed by atoms with E-state index in [1.54, 1.807) is 0 Å². The van der Waals surface area contributed by atoms with Crippen molar-refractivity contribution in [3.05, 3.63) is 52.3 Å². The second-order valence-electron chi connectivity index (χ2n) is 6.87. The van der Waals surface area contributed by atoms with Crippen LogP contribution in [0, 0.1) is 20.8 Å². The van der Waals surface area contributed by atoms with Gasteiger partial charge in [0.05, 0.1) is 5.69 Å². The Kier molecular flexibility index (Phi) is 6.37. The molecule has 1 aromatic heterocycles. The molecule has 5 nitrogen and oxygen atoms in total. The minimum Gasteiger partial charge on any atom is -0.350 e. The molecule has 5 heteroatoms. The summed E-state index contributed by atoms with van der Waals surface area (Å²) in [4.78, 5) is 14.8. The number of aromatic nitrogens is 2. The molecule has 0 bridgehead atoms. The van der Waals surface area contributed by atoms with Crippen LogP contribution in [0.3, 0.4) is 0 Å². The van der Waals surface area contributed by atoms with Crippen molar-refractivity contribution in [2.75, 3.05) is 14.1 Å². The highest BCUT2D eigenvalue weighted by Crippen LogP contribution is 2.20. The van der Waals surface area contributed by atoms with Crippen LogP contribution in [0.1, 0.15) is 47.5 Å². The molecule has 2 aromatic rings. The van der Waals surface area contributed by atoms with E-state index in [1.807, 2.05) is 61.8 Å². The SMILES string of the molecule is CCCn1nc(C)c(CNC(=O)[C@H](c2ccc(C)cc2)N(C)C)c1C. The van der Waals surface area contributed by atoms with Crippen LogP contribution < -0.4 is 5.32 Å². The van der Waals surface area contributed by atoms with Crippen molar-refractivity contribution in [2.45, 2.75) is 53.2 Å². The van der Waals surface area contributed by atoms with Gasteiger partial charge in [0.15, 0.2) is 0 Å². The van der Waals surface area contributed by atoms with Crippen LogP contribution in [0.2, 0.25) is 0 Å². The highest BCUT2D eigenvalue weighted by atomic mass is 16.2. The Bertz CT molecular complexity index is 716. The van der Waals surface area contributed by atoms with Gasteiger partial charge in [-0.1, -0.05) is 36.8 Å². The van der Waals surface area contributed by atoms with Crippen molar-refractivity contribution in [3.8, 4) is 0 Å². The van der Waals surface area contributed by atoms with Gasteiger partial charge in [0, 0.05) is 24.3 Å². The molecule has 0 saturated carbocycles. The zero-order valence-electron chi connectivity index (χ0n) is 16.3. The summed E-state index contributed by atoms with van der Waals surface area (Å²) in [5.74, 6) is 0.0101. The Morgan fingerprint density at radius 3 is 2.40 bits per heavy atom. The zero-order chi connectivity index (χ0) is 18.6. The Hall–Kier alpha value is -2.14. The van der Waals surface area contributed by atoms with Crippen LogP contribution in [0.25, 0.3) is 0 Å². The van der Waals surface area contributed by atoms with Crippen LogP contribution in [-0.4, -0.2) is 34.7 Å². The summed E-state index contributed by atoms with van der Waals surface area (Å²) in [5, 5.41) is 7.68. The van der Waals surface area contributed by atoms with Crippen LogP contribution >= 0.6 is 0 Å². The summed E-state index contributed by atoms with van der Waals surface area (Å²) in [5.41, 5.74) is 5.43. The average molecular weight is 342 g/mol. The van der Waals surface area contributed by atoms with Gasteiger partial charge >= 0.3 is 0 Å². The largest absolute Gasteiger partial charge is 0.350 e. The third-order valence-corrected chi connectivity index (χ3v) is 4.56. The molecule has 0 unspecified atom stereocenters. The number of amides is 1. The summed E-state index contributed by atoms with van der Waals surface area (Å²) in [6.45, 7) is 9.68. The van der Waals surface area contributed by atoms with Gasteiger partial charge < -0.3 is 5.32 Å². The number of likely N-dealkylation sites (N-methyl/N-ethyl adjacent to an activating group) is 1. The molecular formula is C20H30N4O. The molecule has 0 aliphatic heterocycles. The predicted octanol–water partition coefficient (Wildman–Crippen LogP) is 3.14. The van der Waals surface area contributed by atoms with E-state index in [4.69, 9.17) is 0 Å². The second-order valence-corrected chi connectivity index (χ2v) is 6.87. The number of hydrogen-bond acceptors (Lipinski definition) is 3. The summed E-state index contributed by atoms with van der Waals surface area (Å²) >= 11 is 0. The average Bonchev–Trinajstić information content (AvgIpc) is 2.81. The van der Waals surface area contributed by atoms with Crippen LogP contribution in [-0.2, 0) is 17.9 Å². The molecule has 1 N–H and O–H groups in total. The topological polar surface area (TPSA) is 50.2 Å². The third-order valence-electron chi connectivity index (χ3n) is 4.56. The highest BCUT2D eigenvalue weighted by Gasteiger charge is 2.23. The van der Waals surface area contributed by atoms with Crippen LogP contribution in [0.5, 0.6) is 0 Å². The van der Waals surface area contributed by atoms with Gasteiger partial charge in [0.1, 0.15) is 6.04 Å². The fourth-order valence-electron chi connectivity index (χ4n) is 3.12. The first-order chi connectivity index (χ1) is 11.8. The van der Waals surface area contributed by atoms with Gasteiger partial charge in [-0.05, 0) is 46.9 Å². The minimum atomic E-state index is -0.299. The van der Waals surface area contributed by atoms with Crippen LogP contribution in [0.15, 0.2) is 24.3 Å². The lowest BCUT2D eigenvalue weighted by Crippen LogP contribution is -2.36. The minimum absolute atomic E-state index is 0.0101. The maximum absolute atomic E-state index is 12.8. The molecule has 0 radical (unpaired) electrons. The monoisotopic (exact) mass is 342 g/mol. The lowest BCUT2D eigenvalue weighted by molar-refractivity contribution is -0.125. The molecule has 1 atom stereocenters. The molecule has 1 aromatic carbocycles. The number of rotatable bonds is 7. The van der Waals surface area contributed by atoms with Crippen molar-refractivity contribution in [2.24, 2.45) is 0 Å². The molecule has 2 rings (SSSR count). The molecule has 136 valence electrons. The fraction of sp³-hybridized carbons (Fsp3) is 0.500. The molecule has 0 aliphatic rings. The molecule has 0 spiro atoms. The summed E-state index contributed by atoms with van der Waals surface area (Å²) in [6.07, 6.45) is 1.05. The summed E-state index contributed by atoms with van der Waals surface area (Å²) in [6, 6.07) is 7.83. The molecule has 0 fully saturated rings. The van der Waals surface area contributed by atoms with Gasteiger partial charge in [-0.3, -0.25) is 14.4 Å². The van der Waals surface area contributed by atoms with Crippen LogP contribution in [0.4, 0.5) is 0 Å². The lowest BCUT2D eigenvalue weighted by Gasteiger charge is -2.24. The van der Waals surface area contributed by atoms with Crippen molar-refractivity contribution in [1.82, 2.24) is 20.0 Å². The first-order valence-electron chi connectivity index (χ1n) is 8.88. The fourth-order valence-corrected chi connectivity index (χ4v) is 3.12. The standard InChI is InChI=1S/C20H30N4O/c1-7-12-24-16(4)18(15(3)22-24)13-21-20(25)19(23(5)6)17-10-8-14(2)9-11-17/h8-11,19H,7,12-13H2,1-6H3,(H,21,25)/t19-/m0/s1. The quantitative estimate of drug-likeness (QED) is 0.841. The molecular weight excluding hydrogens is 312 g/mol. The number of nitrogens with zero attached hydrogens (tertiary/aromatic N) is 3. The van der Waals surface area contributed by atoms with E-state index >= 15 is 0 Å². The number of carbonyl (C=O) groups is 1. The Balaban J connectivity index is 2.13. The Morgan fingerprint density at radius 1 is 1.20 bits per heavy atom. The van der Waals surface area contributed by atoms with E-state index in [1.165, 1.54) is 5.56 Å². The van der Waals surface area contributed by atoms with Gasteiger partial charge in [-0.15, -0.1) is 0 Å². The summed E-state index contributed by atoms with van der Waals surface area (Å²) < 4.78 is 2.03. The van der Waals surface area contributed by atoms with Crippen molar-refractivity contribution >= 4 is 5.91 Å². The van der Waals surface area contributed by atoms with E-state index in [0.717, 1.165) is 35.5 Å². The molecule has 0 saturated heterocycles. The van der Waals surface area contributed by atoms with E-state index in [-0.39, 0.29) is 11.9 Å². The number of nitrogens with one attached hydrogen (secondary N) is 1. The molecule has 1 heterocycles. The molecule has 1 amide bonds. The van der Waals surface area contributed by atoms with Gasteiger partial charge in [0.25, 0.3) is 0 Å². The van der Waals surface area contributed by atoms with Gasteiger partial charge in [0.2, 0.25) is 5.91 Å². The van der Waals surface area contributed by atoms with E-state index in [0.29, 0.717) is 6.54 Å². The number of carbonyl (C=O) groups excluding carboxylic acids is 1. The zero-order valence-corrected chi connectivity index (χ0v) is 16.3. The Labute approximate surface area is 151 Å². The van der Waals surface area contributed by atoms with Gasteiger partial charge in [-0.25, -0.2) is 0 Å². The number of hydrogen-bond donors (Lipinski definition) is 1. The second kappa shape index (κ2) is 8.30. The van der Waals surface area contributed by atoms with Crippen molar-refractivity contribution < 1.29 is 4.79 Å². The van der Waals surface area contributed by atoms with E-state index < -0.39 is 0 Å². The highest BCUT2D eigenvalue weighted by molar-refractivity contribution is 5.83. The van der Waals surface area contributed by atoms with Crippen molar-refractivity contribution in [3.63, 3.8) is 0 Å². The maximum atomic E-state index is 12.8. The predicted molar refractivity (Wildman–Crippen MR) is 101 cm³/mol.